The third-order valence-electron chi connectivity index (χ3n) is 10.6. The van der Waals surface area contributed by atoms with Gasteiger partial charge in [-0.05, 0) is 41.7 Å². The van der Waals surface area contributed by atoms with Crippen molar-refractivity contribution in [2.24, 2.45) is 5.92 Å². The molecule has 1 amide bonds. The second-order valence-corrected chi connectivity index (χ2v) is 14.3. The standard InChI is InChI=1S/C40H57N7O5/c41-40-37(30-36(42-43-40)35-7-3-4-8-38(35)48)46-18-20-47(21-19-46)39(49)13-23-50-25-27-52-28-26-51-24-22-44-14-16-45(17-15-44)31-34-11-9-33(10-12-34)29-32-5-1-2-6-32/h3-4,7-12,30,32,48H,1-2,5-6,13-29,31H2,(H2,41,43). The molecule has 3 N–H and O–H groups in total. The number of carbonyl (C=O) groups excluding carboxylic acids is 1. The molecular formula is C40H57N7O5. The van der Waals surface area contributed by atoms with Crippen molar-refractivity contribution in [2.45, 2.75) is 45.1 Å². The average Bonchev–Trinajstić information content (AvgIpc) is 3.69. The van der Waals surface area contributed by atoms with Gasteiger partial charge >= 0.3 is 0 Å². The Morgan fingerprint density at radius 1 is 0.750 bits per heavy atom. The smallest absolute Gasteiger partial charge is 0.225 e. The summed E-state index contributed by atoms with van der Waals surface area (Å²) in [5.74, 6) is 1.44. The Balaban J connectivity index is 0.746. The van der Waals surface area contributed by atoms with E-state index in [4.69, 9.17) is 19.9 Å². The zero-order valence-electron chi connectivity index (χ0n) is 30.7. The quantitative estimate of drug-likeness (QED) is 0.185. The number of phenolic OH excluding ortho intramolecular Hbond substituents is 1. The van der Waals surface area contributed by atoms with Crippen LogP contribution < -0.4 is 10.6 Å². The van der Waals surface area contributed by atoms with E-state index in [0.717, 1.165) is 50.9 Å². The van der Waals surface area contributed by atoms with Gasteiger partial charge in [-0.1, -0.05) is 62.1 Å². The van der Waals surface area contributed by atoms with Gasteiger partial charge in [0.2, 0.25) is 5.91 Å². The van der Waals surface area contributed by atoms with Gasteiger partial charge < -0.3 is 34.9 Å². The molecule has 0 atom stereocenters. The Morgan fingerprint density at radius 3 is 2.10 bits per heavy atom. The molecule has 12 nitrogen and oxygen atoms in total. The Bertz CT molecular complexity index is 1520. The van der Waals surface area contributed by atoms with Crippen molar-refractivity contribution in [1.29, 1.82) is 0 Å². The number of rotatable bonds is 18. The Labute approximate surface area is 308 Å². The van der Waals surface area contributed by atoms with E-state index in [0.29, 0.717) is 89.3 Å². The second-order valence-electron chi connectivity index (χ2n) is 14.3. The number of aromatic nitrogens is 2. The summed E-state index contributed by atoms with van der Waals surface area (Å²) in [6.45, 7) is 11.9. The van der Waals surface area contributed by atoms with Crippen molar-refractivity contribution in [3.63, 3.8) is 0 Å². The van der Waals surface area contributed by atoms with Crippen molar-refractivity contribution >= 4 is 17.4 Å². The molecule has 3 aliphatic rings. The van der Waals surface area contributed by atoms with E-state index in [9.17, 15) is 9.90 Å². The highest BCUT2D eigenvalue weighted by Gasteiger charge is 2.24. The zero-order chi connectivity index (χ0) is 36.0. The highest BCUT2D eigenvalue weighted by Crippen LogP contribution is 2.32. The van der Waals surface area contributed by atoms with Crippen molar-refractivity contribution in [1.82, 2.24) is 24.9 Å². The average molecular weight is 716 g/mol. The fourth-order valence-corrected chi connectivity index (χ4v) is 7.47. The first-order valence-electron chi connectivity index (χ1n) is 19.2. The van der Waals surface area contributed by atoms with Crippen molar-refractivity contribution < 1.29 is 24.1 Å². The molecule has 3 fully saturated rings. The minimum atomic E-state index is 0.0744. The third kappa shape index (κ3) is 11.3. The minimum Gasteiger partial charge on any atom is -0.507 e. The summed E-state index contributed by atoms with van der Waals surface area (Å²) in [6.07, 6.45) is 7.23. The van der Waals surface area contributed by atoms with Crippen LogP contribution in [0.1, 0.15) is 43.2 Å². The van der Waals surface area contributed by atoms with Crippen molar-refractivity contribution in [2.75, 3.05) is 109 Å². The summed E-state index contributed by atoms with van der Waals surface area (Å²) in [5, 5.41) is 18.5. The number of ether oxygens (including phenoxy) is 3. The molecule has 0 unspecified atom stereocenters. The van der Waals surface area contributed by atoms with Gasteiger partial charge in [-0.25, -0.2) is 0 Å². The molecule has 6 rings (SSSR count). The van der Waals surface area contributed by atoms with E-state index in [-0.39, 0.29) is 11.7 Å². The molecule has 1 saturated carbocycles. The lowest BCUT2D eigenvalue weighted by atomic mass is 9.97. The first-order valence-corrected chi connectivity index (χ1v) is 19.2. The Morgan fingerprint density at radius 2 is 1.38 bits per heavy atom. The van der Waals surface area contributed by atoms with Crippen LogP contribution >= 0.6 is 0 Å². The van der Waals surface area contributed by atoms with Crippen molar-refractivity contribution in [3.05, 3.63) is 65.7 Å². The number of para-hydroxylation sites is 1. The van der Waals surface area contributed by atoms with Crippen LogP contribution in [0.15, 0.2) is 54.6 Å². The lowest BCUT2D eigenvalue weighted by molar-refractivity contribution is -0.132. The van der Waals surface area contributed by atoms with Gasteiger partial charge in [0.1, 0.15) is 5.75 Å². The molecule has 2 saturated heterocycles. The van der Waals surface area contributed by atoms with Crippen LogP contribution in [0.5, 0.6) is 5.75 Å². The molecule has 2 aromatic carbocycles. The number of amides is 1. The van der Waals surface area contributed by atoms with E-state index >= 15 is 0 Å². The van der Waals surface area contributed by atoms with E-state index in [1.165, 1.54) is 43.2 Å². The predicted octanol–water partition coefficient (Wildman–Crippen LogP) is 4.07. The zero-order valence-corrected chi connectivity index (χ0v) is 30.7. The molecule has 3 aromatic rings. The molecule has 1 aliphatic carbocycles. The van der Waals surface area contributed by atoms with Crippen LogP contribution in [-0.4, -0.2) is 134 Å². The number of nitrogens with zero attached hydrogens (tertiary/aromatic N) is 6. The van der Waals surface area contributed by atoms with E-state index in [1.807, 2.05) is 17.0 Å². The number of piperazine rings is 2. The van der Waals surface area contributed by atoms with Gasteiger partial charge in [-0.15, -0.1) is 10.2 Å². The number of phenols is 1. The van der Waals surface area contributed by atoms with Gasteiger partial charge in [-0.2, -0.15) is 0 Å². The van der Waals surface area contributed by atoms with Crippen LogP contribution in [0.3, 0.4) is 0 Å². The van der Waals surface area contributed by atoms with Crippen LogP contribution in [0.25, 0.3) is 11.3 Å². The molecule has 52 heavy (non-hydrogen) atoms. The topological polar surface area (TPSA) is 130 Å². The highest BCUT2D eigenvalue weighted by molar-refractivity contribution is 5.77. The molecule has 0 radical (unpaired) electrons. The molecule has 1 aromatic heterocycles. The van der Waals surface area contributed by atoms with Gasteiger partial charge in [0.05, 0.1) is 57.4 Å². The van der Waals surface area contributed by atoms with Gasteiger partial charge in [0, 0.05) is 71.0 Å². The van der Waals surface area contributed by atoms with Crippen LogP contribution in [0.2, 0.25) is 0 Å². The maximum Gasteiger partial charge on any atom is 0.225 e. The molecule has 0 bridgehead atoms. The van der Waals surface area contributed by atoms with Gasteiger partial charge in [0.15, 0.2) is 5.82 Å². The summed E-state index contributed by atoms with van der Waals surface area (Å²) in [4.78, 5) is 21.8. The molecule has 12 heteroatoms. The van der Waals surface area contributed by atoms with Crippen LogP contribution in [-0.2, 0) is 32.0 Å². The second kappa shape index (κ2) is 19.9. The lowest BCUT2D eigenvalue weighted by Gasteiger charge is -2.36. The Hall–Kier alpha value is -3.81. The maximum absolute atomic E-state index is 12.8. The number of aromatic hydroxyl groups is 1. The first-order chi connectivity index (χ1) is 25.5. The maximum atomic E-state index is 12.8. The summed E-state index contributed by atoms with van der Waals surface area (Å²) in [6, 6.07) is 18.2. The van der Waals surface area contributed by atoms with Crippen LogP contribution in [0, 0.1) is 5.92 Å². The van der Waals surface area contributed by atoms with Crippen molar-refractivity contribution in [3.8, 4) is 17.0 Å². The summed E-state index contributed by atoms with van der Waals surface area (Å²) >= 11 is 0. The lowest BCUT2D eigenvalue weighted by Crippen LogP contribution is -2.49. The predicted molar refractivity (Wildman–Crippen MR) is 203 cm³/mol. The highest BCUT2D eigenvalue weighted by atomic mass is 16.5. The molecule has 0 spiro atoms. The number of hydrogen-bond acceptors (Lipinski definition) is 11. The fourth-order valence-electron chi connectivity index (χ4n) is 7.47. The number of nitrogen functional groups attached to an aromatic ring is 1. The Kier molecular flexibility index (Phi) is 14.5. The summed E-state index contributed by atoms with van der Waals surface area (Å²) in [5.41, 5.74) is 11.0. The molecule has 2 aliphatic heterocycles. The van der Waals surface area contributed by atoms with Gasteiger partial charge in [0.25, 0.3) is 0 Å². The number of benzene rings is 2. The summed E-state index contributed by atoms with van der Waals surface area (Å²) < 4.78 is 17.1. The SMILES string of the molecule is Nc1nnc(-c2ccccc2O)cc1N1CCN(C(=O)CCOCCOCCOCCN2CCN(Cc3ccc(CC4CCCC4)cc3)CC2)CC1. The molecular weight excluding hydrogens is 658 g/mol. The minimum absolute atomic E-state index is 0.0744. The van der Waals surface area contributed by atoms with Crippen LogP contribution in [0.4, 0.5) is 11.5 Å². The number of nitrogens with two attached hydrogens (primary N) is 1. The molecule has 3 heterocycles. The third-order valence-corrected chi connectivity index (χ3v) is 10.6. The number of anilines is 2. The normalized spacial score (nSPS) is 17.6. The number of carbonyl (C=O) groups is 1. The van der Waals surface area contributed by atoms with E-state index < -0.39 is 0 Å². The molecule has 282 valence electrons. The number of hydrogen-bond donors (Lipinski definition) is 2. The summed E-state index contributed by atoms with van der Waals surface area (Å²) in [7, 11) is 0. The monoisotopic (exact) mass is 715 g/mol. The van der Waals surface area contributed by atoms with Gasteiger partial charge in [-0.3, -0.25) is 14.6 Å². The fraction of sp³-hybridized carbons (Fsp3) is 0.575. The first kappa shape index (κ1) is 37.9. The largest absolute Gasteiger partial charge is 0.507 e. The van der Waals surface area contributed by atoms with E-state index in [2.05, 4.69) is 49.2 Å². The van der Waals surface area contributed by atoms with E-state index in [1.54, 1.807) is 18.2 Å².